The number of halogens is 1. The molecule has 0 spiro atoms. The van der Waals surface area contributed by atoms with Crippen LogP contribution in [0.1, 0.15) is 15.9 Å². The highest BCUT2D eigenvalue weighted by atomic mass is 35.5. The summed E-state index contributed by atoms with van der Waals surface area (Å²) in [6.45, 7) is 1.70. The van der Waals surface area contributed by atoms with Crippen LogP contribution in [0.5, 0.6) is 0 Å². The molecule has 0 aliphatic rings. The number of esters is 1. The number of hydrogen-bond donors (Lipinski definition) is 0. The van der Waals surface area contributed by atoms with Crippen LogP contribution < -0.4 is 5.63 Å². The van der Waals surface area contributed by atoms with E-state index in [-0.39, 0.29) is 5.56 Å². The number of aryl methyl sites for hydroxylation is 1. The molecule has 4 nitrogen and oxygen atoms in total. The standard InChI is InChI=1S/C22H15ClO4/c1-12-18-17(27-22(25)19(12)21(24)26-2)11-10-16(23)20(18)15-9-5-7-13-6-3-4-8-14(13)15/h3-11H,1-2H3. The van der Waals surface area contributed by atoms with Gasteiger partial charge in [0.05, 0.1) is 7.11 Å². The molecule has 0 aliphatic carbocycles. The van der Waals surface area contributed by atoms with E-state index < -0.39 is 11.6 Å². The average molecular weight is 379 g/mol. The summed E-state index contributed by atoms with van der Waals surface area (Å²) >= 11 is 6.58. The lowest BCUT2D eigenvalue weighted by atomic mass is 9.92. The zero-order chi connectivity index (χ0) is 19.1. The Labute approximate surface area is 159 Å². The Kier molecular flexibility index (Phi) is 4.21. The average Bonchev–Trinajstić information content (AvgIpc) is 2.68. The number of fused-ring (bicyclic) bond motifs is 2. The molecule has 3 aromatic carbocycles. The first kappa shape index (κ1) is 17.3. The first-order valence-electron chi connectivity index (χ1n) is 8.35. The molecule has 0 saturated carbocycles. The third kappa shape index (κ3) is 2.69. The number of ether oxygens (including phenoxy) is 1. The molecule has 0 aliphatic heterocycles. The van der Waals surface area contributed by atoms with Gasteiger partial charge in [-0.2, -0.15) is 0 Å². The van der Waals surface area contributed by atoms with E-state index in [0.717, 1.165) is 21.9 Å². The molecule has 0 bridgehead atoms. The van der Waals surface area contributed by atoms with Gasteiger partial charge in [-0.1, -0.05) is 54.1 Å². The van der Waals surface area contributed by atoms with Crippen LogP contribution in [0.2, 0.25) is 5.02 Å². The highest BCUT2D eigenvalue weighted by Gasteiger charge is 2.23. The maximum Gasteiger partial charge on any atom is 0.351 e. The second-order valence-corrected chi connectivity index (χ2v) is 6.61. The quantitative estimate of drug-likeness (QED) is 0.348. The summed E-state index contributed by atoms with van der Waals surface area (Å²) in [6.07, 6.45) is 0. The SMILES string of the molecule is COC(=O)c1c(C)c2c(-c3cccc4ccccc34)c(Cl)ccc2oc1=O. The number of carbonyl (C=O) groups is 1. The van der Waals surface area contributed by atoms with Crippen LogP contribution in [-0.2, 0) is 4.74 Å². The zero-order valence-corrected chi connectivity index (χ0v) is 15.5. The van der Waals surface area contributed by atoms with Crippen molar-refractivity contribution in [1.29, 1.82) is 0 Å². The summed E-state index contributed by atoms with van der Waals surface area (Å²) in [6, 6.07) is 17.2. The number of hydrogen-bond acceptors (Lipinski definition) is 4. The van der Waals surface area contributed by atoms with E-state index in [1.54, 1.807) is 19.1 Å². The monoisotopic (exact) mass is 378 g/mol. The van der Waals surface area contributed by atoms with E-state index in [0.29, 0.717) is 21.6 Å². The topological polar surface area (TPSA) is 56.5 Å². The second kappa shape index (κ2) is 6.56. The Balaban J connectivity index is 2.19. The maximum atomic E-state index is 12.3. The van der Waals surface area contributed by atoms with Gasteiger partial charge in [0.2, 0.25) is 0 Å². The van der Waals surface area contributed by atoms with Crippen LogP contribution in [0, 0.1) is 6.92 Å². The van der Waals surface area contributed by atoms with Gasteiger partial charge in [-0.25, -0.2) is 9.59 Å². The predicted octanol–water partition coefficient (Wildman–Crippen LogP) is 5.36. The molecule has 27 heavy (non-hydrogen) atoms. The summed E-state index contributed by atoms with van der Waals surface area (Å²) in [4.78, 5) is 24.4. The Morgan fingerprint density at radius 3 is 2.56 bits per heavy atom. The number of carbonyl (C=O) groups excluding carboxylic acids is 1. The van der Waals surface area contributed by atoms with Crippen molar-refractivity contribution in [1.82, 2.24) is 0 Å². The molecule has 1 aromatic heterocycles. The second-order valence-electron chi connectivity index (χ2n) is 6.20. The van der Waals surface area contributed by atoms with Crippen LogP contribution in [0.4, 0.5) is 0 Å². The van der Waals surface area contributed by atoms with Crippen molar-refractivity contribution in [3.63, 3.8) is 0 Å². The van der Waals surface area contributed by atoms with Gasteiger partial charge in [0.25, 0.3) is 0 Å². The maximum absolute atomic E-state index is 12.3. The van der Waals surface area contributed by atoms with Crippen LogP contribution in [0.3, 0.4) is 0 Å². The van der Waals surface area contributed by atoms with E-state index in [1.165, 1.54) is 7.11 Å². The summed E-state index contributed by atoms with van der Waals surface area (Å²) in [7, 11) is 1.23. The fourth-order valence-corrected chi connectivity index (χ4v) is 3.75. The molecule has 0 amide bonds. The molecule has 0 fully saturated rings. The lowest BCUT2D eigenvalue weighted by Gasteiger charge is -2.14. The lowest BCUT2D eigenvalue weighted by Crippen LogP contribution is -2.17. The Bertz CT molecular complexity index is 1270. The minimum atomic E-state index is -0.730. The van der Waals surface area contributed by atoms with Gasteiger partial charge < -0.3 is 9.15 Å². The molecule has 0 N–H and O–H groups in total. The Morgan fingerprint density at radius 2 is 1.78 bits per heavy atom. The summed E-state index contributed by atoms with van der Waals surface area (Å²) in [5, 5.41) is 3.20. The van der Waals surface area contributed by atoms with Crippen molar-refractivity contribution < 1.29 is 13.9 Å². The predicted molar refractivity (Wildman–Crippen MR) is 107 cm³/mol. The molecular formula is C22H15ClO4. The highest BCUT2D eigenvalue weighted by molar-refractivity contribution is 6.35. The van der Waals surface area contributed by atoms with Gasteiger partial charge in [0.15, 0.2) is 0 Å². The van der Waals surface area contributed by atoms with Crippen LogP contribution in [0.15, 0.2) is 63.8 Å². The van der Waals surface area contributed by atoms with Crippen molar-refractivity contribution in [3.05, 3.63) is 81.2 Å². The molecule has 1 heterocycles. The fraction of sp³-hybridized carbons (Fsp3) is 0.0909. The molecule has 134 valence electrons. The fourth-order valence-electron chi connectivity index (χ4n) is 3.49. The Morgan fingerprint density at radius 1 is 1.04 bits per heavy atom. The van der Waals surface area contributed by atoms with Crippen molar-refractivity contribution in [2.24, 2.45) is 0 Å². The van der Waals surface area contributed by atoms with Crippen molar-refractivity contribution in [2.75, 3.05) is 7.11 Å². The van der Waals surface area contributed by atoms with Crippen molar-refractivity contribution in [3.8, 4) is 11.1 Å². The minimum absolute atomic E-state index is 0.117. The minimum Gasteiger partial charge on any atom is -0.465 e. The molecule has 0 saturated heterocycles. The van der Waals surface area contributed by atoms with Crippen molar-refractivity contribution in [2.45, 2.75) is 6.92 Å². The van der Waals surface area contributed by atoms with E-state index >= 15 is 0 Å². The van der Waals surface area contributed by atoms with Crippen LogP contribution in [-0.4, -0.2) is 13.1 Å². The van der Waals surface area contributed by atoms with E-state index in [2.05, 4.69) is 0 Å². The van der Waals surface area contributed by atoms with Crippen molar-refractivity contribution >= 4 is 39.3 Å². The number of methoxy groups -OCH3 is 1. The van der Waals surface area contributed by atoms with E-state index in [9.17, 15) is 9.59 Å². The number of rotatable bonds is 2. The van der Waals surface area contributed by atoms with Gasteiger partial charge in [-0.15, -0.1) is 0 Å². The third-order valence-electron chi connectivity index (χ3n) is 4.72. The first-order valence-corrected chi connectivity index (χ1v) is 8.73. The number of benzene rings is 3. The van der Waals surface area contributed by atoms with Gasteiger partial charge >= 0.3 is 11.6 Å². The van der Waals surface area contributed by atoms with Gasteiger partial charge in [0.1, 0.15) is 11.1 Å². The van der Waals surface area contributed by atoms with E-state index in [1.807, 2.05) is 42.5 Å². The molecule has 0 radical (unpaired) electrons. The lowest BCUT2D eigenvalue weighted by molar-refractivity contribution is 0.0595. The molecule has 5 heteroatoms. The smallest absolute Gasteiger partial charge is 0.351 e. The Hall–Kier alpha value is -3.11. The molecule has 0 atom stereocenters. The zero-order valence-electron chi connectivity index (χ0n) is 14.7. The third-order valence-corrected chi connectivity index (χ3v) is 5.04. The van der Waals surface area contributed by atoms with E-state index in [4.69, 9.17) is 20.8 Å². The van der Waals surface area contributed by atoms with Gasteiger partial charge in [-0.05, 0) is 41.0 Å². The molecular weight excluding hydrogens is 364 g/mol. The summed E-state index contributed by atoms with van der Waals surface area (Å²) in [5.41, 5.74) is 1.64. The van der Waals surface area contributed by atoms with Gasteiger partial charge in [0, 0.05) is 16.0 Å². The van der Waals surface area contributed by atoms with Gasteiger partial charge in [-0.3, -0.25) is 0 Å². The summed E-state index contributed by atoms with van der Waals surface area (Å²) in [5.74, 6) is -0.730. The molecule has 4 aromatic rings. The largest absolute Gasteiger partial charge is 0.465 e. The molecule has 0 unspecified atom stereocenters. The van der Waals surface area contributed by atoms with Crippen LogP contribution >= 0.6 is 11.6 Å². The molecule has 4 rings (SSSR count). The first-order chi connectivity index (χ1) is 13.0. The van der Waals surface area contributed by atoms with Crippen LogP contribution in [0.25, 0.3) is 32.9 Å². The highest BCUT2D eigenvalue weighted by Crippen LogP contribution is 2.40. The normalized spacial score (nSPS) is 11.1. The summed E-state index contributed by atoms with van der Waals surface area (Å²) < 4.78 is 10.2.